The Hall–Kier alpha value is -3.92. The number of benzene rings is 4. The lowest BCUT2D eigenvalue weighted by Crippen LogP contribution is -1.92. The van der Waals surface area contributed by atoms with Crippen LogP contribution in [0.2, 0.25) is 0 Å². The number of hydrogen-bond acceptors (Lipinski definition) is 4. The number of nitrogen functional groups attached to an aromatic ring is 2. The van der Waals surface area contributed by atoms with Gasteiger partial charge in [-0.2, -0.15) is 0 Å². The van der Waals surface area contributed by atoms with Gasteiger partial charge in [0.2, 0.25) is 0 Å². The van der Waals surface area contributed by atoms with E-state index in [0.717, 1.165) is 11.1 Å². The van der Waals surface area contributed by atoms with Crippen molar-refractivity contribution in [1.82, 2.24) is 0 Å². The Morgan fingerprint density at radius 2 is 1.11 bits per heavy atom. The number of ether oxygens (including phenoxy) is 2. The lowest BCUT2D eigenvalue weighted by atomic mass is 10.0. The van der Waals surface area contributed by atoms with Crippen molar-refractivity contribution in [2.75, 3.05) is 11.5 Å². The van der Waals surface area contributed by atoms with Gasteiger partial charge in [0, 0.05) is 35.1 Å². The second kappa shape index (κ2) is 7.76. The number of anilines is 2. The topological polar surface area (TPSA) is 70.5 Å². The molecule has 28 heavy (non-hydrogen) atoms. The summed E-state index contributed by atoms with van der Waals surface area (Å²) >= 11 is 0. The smallest absolute Gasteiger partial charge is 0.138 e. The lowest BCUT2D eigenvalue weighted by Gasteiger charge is -2.14. The Kier molecular flexibility index (Phi) is 4.85. The Balaban J connectivity index is 1.72. The quantitative estimate of drug-likeness (QED) is 0.417. The van der Waals surface area contributed by atoms with Crippen molar-refractivity contribution in [2.24, 2.45) is 0 Å². The van der Waals surface area contributed by atoms with Crippen LogP contribution in [0, 0.1) is 0 Å². The molecule has 4 aromatic rings. The standard InChI is InChI=1S/C24H20N2O2/c25-18-8-4-10-20(14-18)27-22-12-13-23(17-6-2-1-3-7-17)24(16-22)28-21-11-5-9-19(26)15-21/h1-16H,25-26H2. The summed E-state index contributed by atoms with van der Waals surface area (Å²) in [6, 6.07) is 30.5. The molecule has 4 aromatic carbocycles. The van der Waals surface area contributed by atoms with E-state index >= 15 is 0 Å². The Labute approximate surface area is 164 Å². The van der Waals surface area contributed by atoms with Crippen LogP contribution in [0.3, 0.4) is 0 Å². The monoisotopic (exact) mass is 368 g/mol. The van der Waals surface area contributed by atoms with E-state index < -0.39 is 0 Å². The lowest BCUT2D eigenvalue weighted by molar-refractivity contribution is 0.462. The highest BCUT2D eigenvalue weighted by atomic mass is 16.5. The van der Waals surface area contributed by atoms with E-state index in [0.29, 0.717) is 34.4 Å². The zero-order valence-electron chi connectivity index (χ0n) is 15.2. The van der Waals surface area contributed by atoms with E-state index in [1.165, 1.54) is 0 Å². The van der Waals surface area contributed by atoms with Gasteiger partial charge in [0.15, 0.2) is 0 Å². The molecule has 4 heteroatoms. The first-order chi connectivity index (χ1) is 13.7. The van der Waals surface area contributed by atoms with Crippen molar-refractivity contribution in [3.63, 3.8) is 0 Å². The van der Waals surface area contributed by atoms with Crippen molar-refractivity contribution in [2.45, 2.75) is 0 Å². The van der Waals surface area contributed by atoms with Crippen molar-refractivity contribution in [3.05, 3.63) is 97.1 Å². The summed E-state index contributed by atoms with van der Waals surface area (Å²) in [5.41, 5.74) is 15.0. The molecule has 0 aliphatic heterocycles. The Bertz CT molecular complexity index is 1090. The molecule has 0 atom stereocenters. The maximum atomic E-state index is 6.16. The van der Waals surface area contributed by atoms with Crippen molar-refractivity contribution < 1.29 is 9.47 Å². The second-order valence-corrected chi connectivity index (χ2v) is 6.37. The predicted octanol–water partition coefficient (Wildman–Crippen LogP) is 6.10. The molecular weight excluding hydrogens is 348 g/mol. The summed E-state index contributed by atoms with van der Waals surface area (Å²) in [5, 5.41) is 0. The number of hydrogen-bond donors (Lipinski definition) is 2. The van der Waals surface area contributed by atoms with Crippen LogP contribution in [0.4, 0.5) is 11.4 Å². The fourth-order valence-electron chi connectivity index (χ4n) is 2.93. The Morgan fingerprint density at radius 1 is 0.500 bits per heavy atom. The average Bonchev–Trinajstić information content (AvgIpc) is 2.69. The third-order valence-electron chi connectivity index (χ3n) is 4.22. The summed E-state index contributed by atoms with van der Waals surface area (Å²) in [5.74, 6) is 2.67. The van der Waals surface area contributed by atoms with Gasteiger partial charge >= 0.3 is 0 Å². The minimum atomic E-state index is 0.644. The van der Waals surface area contributed by atoms with E-state index in [2.05, 4.69) is 0 Å². The molecule has 0 spiro atoms. The zero-order chi connectivity index (χ0) is 19.3. The highest BCUT2D eigenvalue weighted by molar-refractivity contribution is 5.72. The van der Waals surface area contributed by atoms with Crippen molar-refractivity contribution in [1.29, 1.82) is 0 Å². The van der Waals surface area contributed by atoms with Gasteiger partial charge in [-0.25, -0.2) is 0 Å². The molecule has 4 N–H and O–H groups in total. The van der Waals surface area contributed by atoms with Crippen LogP contribution in [0.1, 0.15) is 0 Å². The van der Waals surface area contributed by atoms with Gasteiger partial charge in [-0.3, -0.25) is 0 Å². The molecule has 0 heterocycles. The Morgan fingerprint density at radius 3 is 1.75 bits per heavy atom. The minimum Gasteiger partial charge on any atom is -0.457 e. The first-order valence-electron chi connectivity index (χ1n) is 8.94. The summed E-state index contributed by atoms with van der Waals surface area (Å²) in [6.45, 7) is 0. The third-order valence-corrected chi connectivity index (χ3v) is 4.22. The van der Waals surface area contributed by atoms with Gasteiger partial charge in [-0.1, -0.05) is 42.5 Å². The van der Waals surface area contributed by atoms with Gasteiger partial charge in [-0.15, -0.1) is 0 Å². The predicted molar refractivity (Wildman–Crippen MR) is 114 cm³/mol. The molecule has 0 aromatic heterocycles. The van der Waals surface area contributed by atoms with E-state index in [4.69, 9.17) is 20.9 Å². The maximum absolute atomic E-state index is 6.16. The number of rotatable bonds is 5. The van der Waals surface area contributed by atoms with Gasteiger partial charge in [0.25, 0.3) is 0 Å². The minimum absolute atomic E-state index is 0.644. The molecule has 0 aliphatic carbocycles. The van der Waals surface area contributed by atoms with Crippen LogP contribution in [-0.4, -0.2) is 0 Å². The summed E-state index contributed by atoms with van der Waals surface area (Å²) in [6.07, 6.45) is 0. The maximum Gasteiger partial charge on any atom is 0.138 e. The highest BCUT2D eigenvalue weighted by Gasteiger charge is 2.11. The van der Waals surface area contributed by atoms with Crippen molar-refractivity contribution in [3.8, 4) is 34.1 Å². The fourth-order valence-corrected chi connectivity index (χ4v) is 2.93. The normalized spacial score (nSPS) is 10.4. The highest BCUT2D eigenvalue weighted by Crippen LogP contribution is 2.38. The van der Waals surface area contributed by atoms with Gasteiger partial charge in [0.05, 0.1) is 0 Å². The van der Waals surface area contributed by atoms with Crippen LogP contribution < -0.4 is 20.9 Å². The van der Waals surface area contributed by atoms with Crippen LogP contribution >= 0.6 is 0 Å². The SMILES string of the molecule is Nc1cccc(Oc2ccc(-c3ccccc3)c(Oc3cccc(N)c3)c2)c1. The van der Waals surface area contributed by atoms with Crippen LogP contribution in [0.15, 0.2) is 97.1 Å². The molecule has 0 amide bonds. The first kappa shape index (κ1) is 17.5. The van der Waals surface area contributed by atoms with E-state index in [1.807, 2.05) is 84.9 Å². The largest absolute Gasteiger partial charge is 0.457 e. The molecule has 0 aliphatic rings. The van der Waals surface area contributed by atoms with Crippen LogP contribution in [-0.2, 0) is 0 Å². The molecule has 138 valence electrons. The average molecular weight is 368 g/mol. The molecule has 0 radical (unpaired) electrons. The van der Waals surface area contributed by atoms with E-state index in [-0.39, 0.29) is 0 Å². The number of nitrogens with two attached hydrogens (primary N) is 2. The summed E-state index contributed by atoms with van der Waals surface area (Å²) in [4.78, 5) is 0. The summed E-state index contributed by atoms with van der Waals surface area (Å²) in [7, 11) is 0. The molecule has 0 saturated carbocycles. The summed E-state index contributed by atoms with van der Waals surface area (Å²) < 4.78 is 12.1. The second-order valence-electron chi connectivity index (χ2n) is 6.37. The zero-order valence-corrected chi connectivity index (χ0v) is 15.2. The fraction of sp³-hybridized carbons (Fsp3) is 0. The van der Waals surface area contributed by atoms with Crippen LogP contribution in [0.25, 0.3) is 11.1 Å². The van der Waals surface area contributed by atoms with Gasteiger partial charge < -0.3 is 20.9 Å². The van der Waals surface area contributed by atoms with Gasteiger partial charge in [-0.05, 0) is 42.0 Å². The van der Waals surface area contributed by atoms with Crippen LogP contribution in [0.5, 0.6) is 23.0 Å². The first-order valence-corrected chi connectivity index (χ1v) is 8.94. The molecule has 4 rings (SSSR count). The molecular formula is C24H20N2O2. The third kappa shape index (κ3) is 4.07. The van der Waals surface area contributed by atoms with Crippen molar-refractivity contribution >= 4 is 11.4 Å². The van der Waals surface area contributed by atoms with E-state index in [1.54, 1.807) is 12.1 Å². The molecule has 4 nitrogen and oxygen atoms in total. The molecule has 0 unspecified atom stereocenters. The van der Waals surface area contributed by atoms with E-state index in [9.17, 15) is 0 Å². The van der Waals surface area contributed by atoms with Gasteiger partial charge in [0.1, 0.15) is 23.0 Å². The molecule has 0 fully saturated rings. The molecule has 0 saturated heterocycles. The molecule has 0 bridgehead atoms.